The van der Waals surface area contributed by atoms with Crippen LogP contribution < -0.4 is 5.73 Å². The Hall–Kier alpha value is -0.650. The lowest BCUT2D eigenvalue weighted by atomic mass is 9.99. The van der Waals surface area contributed by atoms with Crippen LogP contribution in [-0.2, 0) is 0 Å². The molecule has 1 nitrogen and oxygen atoms in total. The Bertz CT molecular complexity index is 527. The topological polar surface area (TPSA) is 26.0 Å². The van der Waals surface area contributed by atoms with E-state index < -0.39 is 6.04 Å². The van der Waals surface area contributed by atoms with Crippen LogP contribution in [0.1, 0.15) is 17.2 Å². The zero-order chi connectivity index (χ0) is 12.4. The summed E-state index contributed by atoms with van der Waals surface area (Å²) in [5.41, 5.74) is 7.60. The first-order valence-corrected chi connectivity index (χ1v) is 6.49. The van der Waals surface area contributed by atoms with Gasteiger partial charge in [-0.05, 0) is 64.0 Å². The van der Waals surface area contributed by atoms with Crippen molar-refractivity contribution in [3.8, 4) is 0 Å². The van der Waals surface area contributed by atoms with Gasteiger partial charge in [0.05, 0.1) is 6.04 Å². The molecule has 1 atom stereocenters. The molecule has 0 spiro atoms. The first-order chi connectivity index (χ1) is 8.08. The maximum atomic E-state index is 13.2. The zero-order valence-corrected chi connectivity index (χ0v) is 11.7. The molecule has 2 aromatic carbocycles. The fourth-order valence-corrected chi connectivity index (χ4v) is 2.20. The molecule has 2 N–H and O–H groups in total. The van der Waals surface area contributed by atoms with Gasteiger partial charge < -0.3 is 5.73 Å². The second-order valence-corrected chi connectivity index (χ2v) is 5.35. The molecular weight excluding hydrogens is 352 g/mol. The minimum atomic E-state index is -0.407. The van der Waals surface area contributed by atoms with Gasteiger partial charge in [0.15, 0.2) is 0 Å². The normalized spacial score (nSPS) is 12.5. The fraction of sp³-hybridized carbons (Fsp3) is 0.0769. The van der Waals surface area contributed by atoms with Gasteiger partial charge in [-0.2, -0.15) is 0 Å². The van der Waals surface area contributed by atoms with Gasteiger partial charge in [0, 0.05) is 8.59 Å². The van der Waals surface area contributed by atoms with Gasteiger partial charge in [-0.3, -0.25) is 0 Å². The van der Waals surface area contributed by atoms with Crippen molar-refractivity contribution in [1.29, 1.82) is 0 Å². The van der Waals surface area contributed by atoms with Crippen molar-refractivity contribution in [3.05, 3.63) is 68.0 Å². The molecule has 0 saturated carbocycles. The summed E-state index contributed by atoms with van der Waals surface area (Å²) in [5, 5.41) is 0.484. The molecule has 0 heterocycles. The molecule has 88 valence electrons. The van der Waals surface area contributed by atoms with E-state index in [1.54, 1.807) is 0 Å². The van der Waals surface area contributed by atoms with E-state index in [-0.39, 0.29) is 5.82 Å². The SMILES string of the molecule is NC(c1ccc(I)cc1)c1cc(F)ccc1Cl. The summed E-state index contributed by atoms with van der Waals surface area (Å²) in [5.74, 6) is -0.328. The minimum Gasteiger partial charge on any atom is -0.320 e. The Balaban J connectivity index is 2.39. The average Bonchev–Trinajstić information content (AvgIpc) is 2.32. The van der Waals surface area contributed by atoms with E-state index in [1.165, 1.54) is 18.2 Å². The van der Waals surface area contributed by atoms with Crippen molar-refractivity contribution in [2.45, 2.75) is 6.04 Å². The summed E-state index contributed by atoms with van der Waals surface area (Å²) in [6.07, 6.45) is 0. The van der Waals surface area contributed by atoms with E-state index in [2.05, 4.69) is 22.6 Å². The largest absolute Gasteiger partial charge is 0.320 e. The van der Waals surface area contributed by atoms with Crippen molar-refractivity contribution in [3.63, 3.8) is 0 Å². The van der Waals surface area contributed by atoms with Gasteiger partial charge in [0.1, 0.15) is 5.82 Å². The van der Waals surface area contributed by atoms with Gasteiger partial charge in [0.25, 0.3) is 0 Å². The van der Waals surface area contributed by atoms with Gasteiger partial charge in [-0.1, -0.05) is 23.7 Å². The molecule has 0 aliphatic carbocycles. The molecule has 0 amide bonds. The number of benzene rings is 2. The first kappa shape index (κ1) is 12.8. The highest BCUT2D eigenvalue weighted by atomic mass is 127. The summed E-state index contributed by atoms with van der Waals surface area (Å²) < 4.78 is 14.3. The Morgan fingerprint density at radius 1 is 1.12 bits per heavy atom. The molecule has 17 heavy (non-hydrogen) atoms. The lowest BCUT2D eigenvalue weighted by Gasteiger charge is -2.14. The Labute approximate surface area is 118 Å². The molecule has 0 aliphatic heterocycles. The monoisotopic (exact) mass is 361 g/mol. The van der Waals surface area contributed by atoms with E-state index in [0.717, 1.165) is 9.13 Å². The summed E-state index contributed by atoms with van der Waals surface area (Å²) in [7, 11) is 0. The highest BCUT2D eigenvalue weighted by Gasteiger charge is 2.13. The summed E-state index contributed by atoms with van der Waals surface area (Å²) in [6.45, 7) is 0. The molecule has 2 rings (SSSR count). The van der Waals surface area contributed by atoms with Crippen LogP contribution >= 0.6 is 34.2 Å². The van der Waals surface area contributed by atoms with E-state index in [1.807, 2.05) is 24.3 Å². The van der Waals surface area contributed by atoms with Crippen LogP contribution in [0, 0.1) is 9.39 Å². The number of halogens is 3. The molecule has 0 aliphatic rings. The van der Waals surface area contributed by atoms with E-state index in [4.69, 9.17) is 17.3 Å². The highest BCUT2D eigenvalue weighted by molar-refractivity contribution is 14.1. The smallest absolute Gasteiger partial charge is 0.123 e. The maximum Gasteiger partial charge on any atom is 0.123 e. The van der Waals surface area contributed by atoms with Crippen LogP contribution in [-0.4, -0.2) is 0 Å². The Morgan fingerprint density at radius 3 is 2.41 bits per heavy atom. The Kier molecular flexibility index (Phi) is 4.01. The van der Waals surface area contributed by atoms with Crippen LogP contribution in [0.5, 0.6) is 0 Å². The summed E-state index contributed by atoms with van der Waals surface area (Å²) in [4.78, 5) is 0. The van der Waals surface area contributed by atoms with Gasteiger partial charge in [-0.15, -0.1) is 0 Å². The first-order valence-electron chi connectivity index (χ1n) is 5.04. The zero-order valence-electron chi connectivity index (χ0n) is 8.83. The van der Waals surface area contributed by atoms with Crippen LogP contribution in [0.4, 0.5) is 4.39 Å². The third kappa shape index (κ3) is 2.97. The predicted molar refractivity (Wildman–Crippen MR) is 76.6 cm³/mol. The molecule has 0 bridgehead atoms. The Morgan fingerprint density at radius 2 is 1.76 bits per heavy atom. The third-order valence-corrected chi connectivity index (χ3v) is 3.59. The third-order valence-electron chi connectivity index (χ3n) is 2.52. The van der Waals surface area contributed by atoms with Crippen molar-refractivity contribution < 1.29 is 4.39 Å². The summed E-state index contributed by atoms with van der Waals surface area (Å²) in [6, 6.07) is 11.6. The van der Waals surface area contributed by atoms with E-state index >= 15 is 0 Å². The lowest BCUT2D eigenvalue weighted by Crippen LogP contribution is -2.12. The van der Waals surface area contributed by atoms with Crippen molar-refractivity contribution in [2.24, 2.45) is 5.73 Å². The van der Waals surface area contributed by atoms with Crippen LogP contribution in [0.3, 0.4) is 0 Å². The van der Waals surface area contributed by atoms with Crippen molar-refractivity contribution >= 4 is 34.2 Å². The maximum absolute atomic E-state index is 13.2. The molecule has 0 saturated heterocycles. The van der Waals surface area contributed by atoms with Gasteiger partial charge in [0.2, 0.25) is 0 Å². The quantitative estimate of drug-likeness (QED) is 0.800. The molecule has 4 heteroatoms. The molecule has 1 unspecified atom stereocenters. The van der Waals surface area contributed by atoms with E-state index in [9.17, 15) is 4.39 Å². The average molecular weight is 362 g/mol. The highest BCUT2D eigenvalue weighted by Crippen LogP contribution is 2.27. The number of nitrogens with two attached hydrogens (primary N) is 1. The lowest BCUT2D eigenvalue weighted by molar-refractivity contribution is 0.623. The van der Waals surface area contributed by atoms with Crippen molar-refractivity contribution in [2.75, 3.05) is 0 Å². The molecular formula is C13H10ClFIN. The molecule has 2 aromatic rings. The second-order valence-electron chi connectivity index (χ2n) is 3.70. The van der Waals surface area contributed by atoms with Crippen molar-refractivity contribution in [1.82, 2.24) is 0 Å². The van der Waals surface area contributed by atoms with E-state index in [0.29, 0.717) is 10.6 Å². The second kappa shape index (κ2) is 5.33. The molecule has 0 radical (unpaired) electrons. The van der Waals surface area contributed by atoms with Gasteiger partial charge >= 0.3 is 0 Å². The number of hydrogen-bond donors (Lipinski definition) is 1. The van der Waals surface area contributed by atoms with Crippen LogP contribution in [0.25, 0.3) is 0 Å². The predicted octanol–water partition coefficient (Wildman–Crippen LogP) is 4.13. The fourth-order valence-electron chi connectivity index (χ4n) is 1.60. The van der Waals surface area contributed by atoms with Gasteiger partial charge in [-0.25, -0.2) is 4.39 Å². The minimum absolute atomic E-state index is 0.328. The summed E-state index contributed by atoms with van der Waals surface area (Å²) >= 11 is 8.24. The standard InChI is InChI=1S/C13H10ClFIN/c14-12-6-3-9(15)7-11(12)13(17)8-1-4-10(16)5-2-8/h1-7,13H,17H2. The van der Waals surface area contributed by atoms with Crippen LogP contribution in [0.2, 0.25) is 5.02 Å². The number of hydrogen-bond acceptors (Lipinski definition) is 1. The molecule has 0 fully saturated rings. The molecule has 0 aromatic heterocycles. The van der Waals surface area contributed by atoms with Crippen LogP contribution in [0.15, 0.2) is 42.5 Å². The number of rotatable bonds is 2.